The first-order valence-corrected chi connectivity index (χ1v) is 14.3. The minimum absolute atomic E-state index is 0.111. The van der Waals surface area contributed by atoms with Crippen LogP contribution < -0.4 is 10.6 Å². The Morgan fingerprint density at radius 3 is 2.19 bits per heavy atom. The fourth-order valence-electron chi connectivity index (χ4n) is 6.45. The molecule has 3 aromatic carbocycles. The van der Waals surface area contributed by atoms with Crippen LogP contribution in [-0.2, 0) is 30.2 Å². The van der Waals surface area contributed by atoms with Gasteiger partial charge in [0, 0.05) is 19.4 Å². The molecule has 42 heavy (non-hydrogen) atoms. The van der Waals surface area contributed by atoms with E-state index in [9.17, 15) is 14.4 Å². The van der Waals surface area contributed by atoms with E-state index in [4.69, 9.17) is 14.2 Å². The number of hydrogen-bond acceptors (Lipinski definition) is 6. The van der Waals surface area contributed by atoms with Crippen LogP contribution in [0.5, 0.6) is 0 Å². The van der Waals surface area contributed by atoms with Gasteiger partial charge in [-0.15, -0.1) is 0 Å². The Hall–Kier alpha value is -4.21. The highest BCUT2D eigenvalue weighted by atomic mass is 16.8. The molecule has 2 saturated heterocycles. The number of hydrogen-bond donors (Lipinski definition) is 2. The number of fused-ring (bicyclic) bond motifs is 4. The topological polar surface area (TPSA) is 106 Å². The summed E-state index contributed by atoms with van der Waals surface area (Å²) in [7, 11) is 1.52. The first kappa shape index (κ1) is 27.9. The highest BCUT2D eigenvalue weighted by molar-refractivity contribution is 5.92. The summed E-state index contributed by atoms with van der Waals surface area (Å²) in [5.41, 5.74) is 5.32. The second kappa shape index (κ2) is 11.2. The maximum atomic E-state index is 14.1. The van der Waals surface area contributed by atoms with Crippen molar-refractivity contribution in [3.63, 3.8) is 0 Å². The van der Waals surface area contributed by atoms with Gasteiger partial charge in [0.2, 0.25) is 11.8 Å². The average Bonchev–Trinajstić information content (AvgIpc) is 3.60. The van der Waals surface area contributed by atoms with E-state index in [1.807, 2.05) is 54.6 Å². The number of amides is 3. The van der Waals surface area contributed by atoms with Gasteiger partial charge < -0.3 is 29.7 Å². The van der Waals surface area contributed by atoms with E-state index in [0.29, 0.717) is 0 Å². The summed E-state index contributed by atoms with van der Waals surface area (Å²) in [6.07, 6.45) is -1.55. The molecule has 3 aromatic rings. The van der Waals surface area contributed by atoms with E-state index in [2.05, 4.69) is 34.9 Å². The second-order valence-corrected chi connectivity index (χ2v) is 11.4. The number of likely N-dealkylation sites (N-methyl/N-ethyl adjacent to an activating group) is 1. The predicted octanol–water partition coefficient (Wildman–Crippen LogP) is 3.61. The molecule has 4 atom stereocenters. The minimum atomic E-state index is -0.970. The molecule has 3 amide bonds. The molecule has 3 aliphatic rings. The molecule has 1 aliphatic carbocycles. The minimum Gasteiger partial charge on any atom is -0.449 e. The van der Waals surface area contributed by atoms with Gasteiger partial charge in [-0.25, -0.2) is 4.79 Å². The molecule has 0 bridgehead atoms. The summed E-state index contributed by atoms with van der Waals surface area (Å²) in [6, 6.07) is 23.8. The van der Waals surface area contributed by atoms with E-state index in [-0.39, 0.29) is 31.4 Å². The van der Waals surface area contributed by atoms with Gasteiger partial charge in [-0.1, -0.05) is 78.9 Å². The smallest absolute Gasteiger partial charge is 0.407 e. The van der Waals surface area contributed by atoms with E-state index in [1.54, 1.807) is 13.8 Å². The molecule has 2 N–H and O–H groups in total. The number of nitrogens with one attached hydrogen (secondary N) is 2. The lowest BCUT2D eigenvalue weighted by Crippen LogP contribution is -2.56. The highest BCUT2D eigenvalue weighted by Gasteiger charge is 2.57. The van der Waals surface area contributed by atoms with Gasteiger partial charge in [0.1, 0.15) is 30.9 Å². The molecule has 2 aliphatic heterocycles. The van der Waals surface area contributed by atoms with Gasteiger partial charge >= 0.3 is 6.09 Å². The third-order valence-corrected chi connectivity index (χ3v) is 8.26. The average molecular weight is 570 g/mol. The van der Waals surface area contributed by atoms with Crippen LogP contribution >= 0.6 is 0 Å². The number of likely N-dealkylation sites (tertiary alicyclic amines) is 1. The van der Waals surface area contributed by atoms with Crippen molar-refractivity contribution in [2.45, 2.75) is 56.3 Å². The zero-order valence-corrected chi connectivity index (χ0v) is 23.9. The number of carbonyl (C=O) groups is 3. The summed E-state index contributed by atoms with van der Waals surface area (Å²) >= 11 is 0. The summed E-state index contributed by atoms with van der Waals surface area (Å²) < 4.78 is 17.8. The normalized spacial score (nSPS) is 22.5. The Labute approximate surface area is 245 Å². The number of benzene rings is 3. The summed E-state index contributed by atoms with van der Waals surface area (Å²) in [6.45, 7) is 3.87. The first-order chi connectivity index (χ1) is 20.3. The van der Waals surface area contributed by atoms with Crippen molar-refractivity contribution in [3.8, 4) is 11.1 Å². The van der Waals surface area contributed by atoms with Crippen molar-refractivity contribution in [1.82, 2.24) is 15.5 Å². The van der Waals surface area contributed by atoms with Crippen molar-refractivity contribution in [1.29, 1.82) is 0 Å². The van der Waals surface area contributed by atoms with E-state index >= 15 is 0 Å². The molecule has 2 fully saturated rings. The van der Waals surface area contributed by atoms with E-state index in [0.717, 1.165) is 27.8 Å². The third-order valence-electron chi connectivity index (χ3n) is 8.26. The number of rotatable bonds is 7. The van der Waals surface area contributed by atoms with Crippen LogP contribution in [0.25, 0.3) is 11.1 Å². The first-order valence-electron chi connectivity index (χ1n) is 14.3. The monoisotopic (exact) mass is 569 g/mol. The lowest BCUT2D eigenvalue weighted by atomic mass is 9.98. The Bertz CT molecular complexity index is 1450. The van der Waals surface area contributed by atoms with Gasteiger partial charge in [-0.3, -0.25) is 9.59 Å². The van der Waals surface area contributed by atoms with Crippen molar-refractivity contribution in [3.05, 3.63) is 95.6 Å². The SMILES string of the molecule is CNC(=O)[C@@H]1[C@H]2OC(C)(C)O[C@H]2CN1C(=O)[C@H](Cc1ccccc1)NC(=O)OCC1c2ccccc2-c2ccccc21. The molecule has 0 saturated carbocycles. The van der Waals surface area contributed by atoms with Gasteiger partial charge in [-0.2, -0.15) is 0 Å². The maximum Gasteiger partial charge on any atom is 0.407 e. The van der Waals surface area contributed by atoms with Gasteiger partial charge in [0.05, 0.1) is 6.54 Å². The number of nitrogens with zero attached hydrogens (tertiary/aromatic N) is 1. The fraction of sp³-hybridized carbons (Fsp3) is 0.364. The summed E-state index contributed by atoms with van der Waals surface area (Å²) in [5.74, 6) is -1.73. The van der Waals surface area contributed by atoms with Crippen LogP contribution in [0, 0.1) is 0 Å². The Morgan fingerprint density at radius 1 is 0.929 bits per heavy atom. The molecule has 0 radical (unpaired) electrons. The van der Waals surface area contributed by atoms with Crippen molar-refractivity contribution in [2.75, 3.05) is 20.2 Å². The third kappa shape index (κ3) is 5.26. The molecule has 0 unspecified atom stereocenters. The Balaban J connectivity index is 1.20. The summed E-state index contributed by atoms with van der Waals surface area (Å²) in [4.78, 5) is 41.8. The molecule has 218 valence electrons. The molecule has 6 rings (SSSR count). The van der Waals surface area contributed by atoms with E-state index < -0.39 is 42.1 Å². The molecule has 0 spiro atoms. The van der Waals surface area contributed by atoms with Crippen molar-refractivity contribution in [2.24, 2.45) is 0 Å². The second-order valence-electron chi connectivity index (χ2n) is 11.4. The Kier molecular flexibility index (Phi) is 7.47. The van der Waals surface area contributed by atoms with Crippen LogP contribution in [0.4, 0.5) is 4.79 Å². The number of carbonyl (C=O) groups excluding carboxylic acids is 3. The zero-order chi connectivity index (χ0) is 29.4. The molecule has 9 nitrogen and oxygen atoms in total. The van der Waals surface area contributed by atoms with Crippen LogP contribution in [0.2, 0.25) is 0 Å². The standard InChI is InChI=1S/C33H35N3O6/c1-33(2)41-27-18-36(28(29(27)42-33)30(37)34-3)31(38)26(17-20-11-5-4-6-12-20)35-32(39)40-19-25-23-15-9-7-13-21(23)22-14-8-10-16-24(22)25/h4-16,25-29H,17-19H2,1-3H3,(H,34,37)(H,35,39)/t26-,27-,28-,29-/m0/s1. The van der Waals surface area contributed by atoms with Gasteiger partial charge in [0.15, 0.2) is 5.79 Å². The van der Waals surface area contributed by atoms with Crippen molar-refractivity contribution >= 4 is 17.9 Å². The lowest BCUT2D eigenvalue weighted by molar-refractivity contribution is -0.170. The summed E-state index contributed by atoms with van der Waals surface area (Å²) in [5, 5.41) is 5.46. The molecular formula is C33H35N3O6. The maximum absolute atomic E-state index is 14.1. The van der Waals surface area contributed by atoms with Gasteiger partial charge in [0.25, 0.3) is 0 Å². The molecule has 0 aromatic heterocycles. The van der Waals surface area contributed by atoms with Crippen LogP contribution in [0.1, 0.15) is 36.5 Å². The Morgan fingerprint density at radius 2 is 1.55 bits per heavy atom. The van der Waals surface area contributed by atoms with Crippen LogP contribution in [0.3, 0.4) is 0 Å². The quantitative estimate of drug-likeness (QED) is 0.451. The number of ether oxygens (including phenoxy) is 3. The predicted molar refractivity (Wildman–Crippen MR) is 156 cm³/mol. The largest absolute Gasteiger partial charge is 0.449 e. The molecule has 2 heterocycles. The highest BCUT2D eigenvalue weighted by Crippen LogP contribution is 2.44. The molecule has 9 heteroatoms. The molecular weight excluding hydrogens is 534 g/mol. The fourth-order valence-corrected chi connectivity index (χ4v) is 6.45. The van der Waals surface area contributed by atoms with Crippen molar-refractivity contribution < 1.29 is 28.6 Å². The zero-order valence-electron chi connectivity index (χ0n) is 23.9. The van der Waals surface area contributed by atoms with Gasteiger partial charge in [-0.05, 0) is 41.7 Å². The lowest BCUT2D eigenvalue weighted by Gasteiger charge is -2.31. The van der Waals surface area contributed by atoms with Crippen LogP contribution in [-0.4, -0.2) is 73.1 Å². The van der Waals surface area contributed by atoms with E-state index in [1.165, 1.54) is 11.9 Å². The number of alkyl carbamates (subject to hydrolysis) is 1. The van der Waals surface area contributed by atoms with Crippen LogP contribution in [0.15, 0.2) is 78.9 Å².